The molecule has 2 saturated heterocycles. The Hall–Kier alpha value is -1.92. The summed E-state index contributed by atoms with van der Waals surface area (Å²) in [7, 11) is 0. The molecule has 19 heavy (non-hydrogen) atoms. The van der Waals surface area contributed by atoms with Crippen LogP contribution >= 0.6 is 0 Å². The summed E-state index contributed by atoms with van der Waals surface area (Å²) >= 11 is 0. The number of rotatable bonds is 3. The Morgan fingerprint density at radius 3 is 1.68 bits per heavy atom. The highest BCUT2D eigenvalue weighted by molar-refractivity contribution is 5.77. The Labute approximate surface area is 111 Å². The average molecular weight is 262 g/mol. The molecule has 0 radical (unpaired) electrons. The van der Waals surface area contributed by atoms with Gasteiger partial charge in [0.1, 0.15) is 0 Å². The summed E-state index contributed by atoms with van der Waals surface area (Å²) in [4.78, 5) is 23.9. The van der Waals surface area contributed by atoms with Gasteiger partial charge in [-0.2, -0.15) is 9.97 Å². The molecule has 3 rings (SSSR count). The molecule has 0 atom stereocenters. The molecule has 7 nitrogen and oxygen atoms in total. The van der Waals surface area contributed by atoms with Crippen molar-refractivity contribution in [2.75, 3.05) is 41.7 Å². The first kappa shape index (κ1) is 12.1. The van der Waals surface area contributed by atoms with E-state index in [1.54, 1.807) is 0 Å². The third-order valence-corrected chi connectivity index (χ3v) is 3.77. The molecule has 2 aliphatic heterocycles. The van der Waals surface area contributed by atoms with Gasteiger partial charge in [0.15, 0.2) is 17.3 Å². The minimum atomic E-state index is 0.219. The van der Waals surface area contributed by atoms with Crippen molar-refractivity contribution >= 4 is 23.3 Å². The van der Waals surface area contributed by atoms with E-state index >= 15 is 0 Å². The number of nitrogens with zero attached hydrogens (tertiary/aromatic N) is 5. The monoisotopic (exact) mass is 262 g/mol. The van der Waals surface area contributed by atoms with Crippen LogP contribution in [-0.4, -0.2) is 36.1 Å². The van der Waals surface area contributed by atoms with Crippen molar-refractivity contribution < 1.29 is 0 Å². The van der Waals surface area contributed by atoms with Gasteiger partial charge in [0.05, 0.1) is 0 Å². The first-order valence-corrected chi connectivity index (χ1v) is 6.80. The van der Waals surface area contributed by atoms with E-state index in [1.165, 1.54) is 0 Å². The Morgan fingerprint density at radius 1 is 0.895 bits per heavy atom. The van der Waals surface area contributed by atoms with Crippen molar-refractivity contribution in [1.29, 1.82) is 0 Å². The molecule has 0 saturated carbocycles. The van der Waals surface area contributed by atoms with Crippen LogP contribution in [0.1, 0.15) is 25.7 Å². The maximum absolute atomic E-state index is 11.2. The molecule has 0 aromatic carbocycles. The summed E-state index contributed by atoms with van der Waals surface area (Å²) in [5.41, 5.74) is 6.14. The highest BCUT2D eigenvalue weighted by Crippen LogP contribution is 2.38. The first-order valence-electron chi connectivity index (χ1n) is 6.80. The fourth-order valence-corrected chi connectivity index (χ4v) is 2.83. The van der Waals surface area contributed by atoms with Gasteiger partial charge in [-0.15, -0.1) is 4.91 Å². The molecule has 2 N–H and O–H groups in total. The number of hydrogen-bond donors (Lipinski definition) is 1. The average Bonchev–Trinajstić information content (AvgIpc) is 3.11. The highest BCUT2D eigenvalue weighted by atomic mass is 16.3. The van der Waals surface area contributed by atoms with Gasteiger partial charge in [0, 0.05) is 26.2 Å². The molecule has 7 heteroatoms. The molecule has 2 aliphatic rings. The second-order valence-electron chi connectivity index (χ2n) is 5.06. The summed E-state index contributed by atoms with van der Waals surface area (Å²) in [5, 5.41) is 3.19. The van der Waals surface area contributed by atoms with Crippen LogP contribution in [0.2, 0.25) is 0 Å². The van der Waals surface area contributed by atoms with Crippen molar-refractivity contribution in [3.8, 4) is 0 Å². The van der Waals surface area contributed by atoms with Crippen LogP contribution in [-0.2, 0) is 0 Å². The van der Waals surface area contributed by atoms with Crippen molar-refractivity contribution in [3.63, 3.8) is 0 Å². The van der Waals surface area contributed by atoms with E-state index in [4.69, 9.17) is 5.73 Å². The fourth-order valence-electron chi connectivity index (χ4n) is 2.83. The number of anilines is 3. The largest absolute Gasteiger partial charge is 0.368 e. The predicted octanol–water partition coefficient (Wildman–Crippen LogP) is 1.66. The van der Waals surface area contributed by atoms with Gasteiger partial charge in [-0.1, -0.05) is 0 Å². The van der Waals surface area contributed by atoms with Gasteiger partial charge in [-0.05, 0) is 30.9 Å². The second kappa shape index (κ2) is 4.99. The number of aromatic nitrogens is 2. The van der Waals surface area contributed by atoms with Crippen molar-refractivity contribution in [1.82, 2.24) is 9.97 Å². The third-order valence-electron chi connectivity index (χ3n) is 3.77. The molecule has 102 valence electrons. The summed E-state index contributed by atoms with van der Waals surface area (Å²) in [6.45, 7) is 3.60. The third kappa shape index (κ3) is 2.20. The van der Waals surface area contributed by atoms with Gasteiger partial charge in [-0.3, -0.25) is 0 Å². The van der Waals surface area contributed by atoms with Gasteiger partial charge < -0.3 is 15.5 Å². The summed E-state index contributed by atoms with van der Waals surface area (Å²) < 4.78 is 0. The lowest BCUT2D eigenvalue weighted by Crippen LogP contribution is -2.24. The van der Waals surface area contributed by atoms with E-state index in [2.05, 4.69) is 24.9 Å². The summed E-state index contributed by atoms with van der Waals surface area (Å²) in [5.74, 6) is 1.42. The van der Waals surface area contributed by atoms with E-state index in [0.29, 0.717) is 17.3 Å². The summed E-state index contributed by atoms with van der Waals surface area (Å²) in [6, 6.07) is 0. The Bertz CT molecular complexity index is 442. The molecule has 0 unspecified atom stereocenters. The van der Waals surface area contributed by atoms with Gasteiger partial charge in [0.2, 0.25) is 5.95 Å². The van der Waals surface area contributed by atoms with Crippen molar-refractivity contribution in [3.05, 3.63) is 4.91 Å². The molecule has 0 bridgehead atoms. The minimum Gasteiger partial charge on any atom is -0.368 e. The van der Waals surface area contributed by atoms with Crippen LogP contribution in [0.4, 0.5) is 23.3 Å². The second-order valence-corrected chi connectivity index (χ2v) is 5.06. The highest BCUT2D eigenvalue weighted by Gasteiger charge is 2.26. The van der Waals surface area contributed by atoms with Gasteiger partial charge in [-0.25, -0.2) is 0 Å². The zero-order valence-electron chi connectivity index (χ0n) is 10.9. The van der Waals surface area contributed by atoms with Crippen LogP contribution in [0, 0.1) is 4.91 Å². The first-order chi connectivity index (χ1) is 9.29. The fraction of sp³-hybridized carbons (Fsp3) is 0.667. The number of nitroso groups, excluding NO2 is 1. The SMILES string of the molecule is Nc1nc(N2CCCC2)c(N=O)c(N2CCCC2)n1. The normalized spacial score (nSPS) is 19.2. The van der Waals surface area contributed by atoms with Crippen LogP contribution in [0.5, 0.6) is 0 Å². The van der Waals surface area contributed by atoms with E-state index in [9.17, 15) is 4.91 Å². The number of nitrogen functional groups attached to an aromatic ring is 1. The van der Waals surface area contributed by atoms with Crippen LogP contribution in [0.3, 0.4) is 0 Å². The standard InChI is InChI=1S/C12H18N6O/c13-12-14-10(17-5-1-2-6-17)9(16-19)11(15-12)18-7-3-4-8-18/h1-8H2,(H2,13,14,15). The molecule has 0 amide bonds. The van der Waals surface area contributed by atoms with E-state index in [0.717, 1.165) is 51.9 Å². The molecule has 0 spiro atoms. The quantitative estimate of drug-likeness (QED) is 0.833. The maximum atomic E-state index is 11.2. The minimum absolute atomic E-state index is 0.219. The van der Waals surface area contributed by atoms with Crippen LogP contribution in [0.25, 0.3) is 0 Å². The van der Waals surface area contributed by atoms with Crippen molar-refractivity contribution in [2.24, 2.45) is 5.18 Å². The summed E-state index contributed by atoms with van der Waals surface area (Å²) in [6.07, 6.45) is 4.45. The maximum Gasteiger partial charge on any atom is 0.224 e. The van der Waals surface area contributed by atoms with Crippen LogP contribution < -0.4 is 15.5 Å². The van der Waals surface area contributed by atoms with Crippen molar-refractivity contribution in [2.45, 2.75) is 25.7 Å². The zero-order valence-corrected chi connectivity index (χ0v) is 10.9. The molecular formula is C12H18N6O. The van der Waals surface area contributed by atoms with E-state index < -0.39 is 0 Å². The lowest BCUT2D eigenvalue weighted by atomic mass is 10.3. The predicted molar refractivity (Wildman–Crippen MR) is 74.8 cm³/mol. The topological polar surface area (TPSA) is 87.7 Å². The lowest BCUT2D eigenvalue weighted by molar-refractivity contribution is 0.900. The molecule has 3 heterocycles. The zero-order chi connectivity index (χ0) is 13.2. The molecule has 1 aromatic heterocycles. The molecular weight excluding hydrogens is 244 g/mol. The van der Waals surface area contributed by atoms with E-state index in [1.807, 2.05) is 0 Å². The van der Waals surface area contributed by atoms with Gasteiger partial charge in [0.25, 0.3) is 0 Å². The number of hydrogen-bond acceptors (Lipinski definition) is 7. The lowest BCUT2D eigenvalue weighted by Gasteiger charge is -2.23. The Balaban J connectivity index is 2.04. The Morgan fingerprint density at radius 2 is 1.32 bits per heavy atom. The Kier molecular flexibility index (Phi) is 3.18. The smallest absolute Gasteiger partial charge is 0.224 e. The van der Waals surface area contributed by atoms with Gasteiger partial charge >= 0.3 is 0 Å². The molecule has 2 fully saturated rings. The number of nitrogens with two attached hydrogens (primary N) is 1. The van der Waals surface area contributed by atoms with E-state index in [-0.39, 0.29) is 5.95 Å². The molecule has 0 aliphatic carbocycles. The molecule has 1 aromatic rings. The van der Waals surface area contributed by atoms with Crippen LogP contribution in [0.15, 0.2) is 5.18 Å².